The van der Waals surface area contributed by atoms with Crippen LogP contribution < -0.4 is 25.0 Å². The molecule has 0 aliphatic heterocycles. The molecule has 0 radical (unpaired) electrons. The molecular formula is C28H43N5O2. The summed E-state index contributed by atoms with van der Waals surface area (Å²) in [5, 5.41) is 8.33. The largest absolute Gasteiger partial charge is 0.496 e. The van der Waals surface area contributed by atoms with Crippen LogP contribution in [0.25, 0.3) is 10.9 Å². The predicted octanol–water partition coefficient (Wildman–Crippen LogP) is 5.75. The zero-order valence-electron chi connectivity index (χ0n) is 21.5. The Balaban J connectivity index is 0.00000241. The van der Waals surface area contributed by atoms with E-state index in [-0.39, 0.29) is 2.85 Å². The summed E-state index contributed by atoms with van der Waals surface area (Å²) < 4.78 is 11.3. The fourth-order valence-corrected chi connectivity index (χ4v) is 4.75. The predicted molar refractivity (Wildman–Crippen MR) is 148 cm³/mol. The van der Waals surface area contributed by atoms with Crippen molar-refractivity contribution in [3.63, 3.8) is 0 Å². The molecule has 1 saturated carbocycles. The molecule has 0 saturated heterocycles. The van der Waals surface area contributed by atoms with Gasteiger partial charge in [0.1, 0.15) is 17.3 Å². The first-order valence-corrected chi connectivity index (χ1v) is 12.8. The maximum absolute atomic E-state index is 5.73. The molecule has 2 aromatic carbocycles. The van der Waals surface area contributed by atoms with E-state index in [9.17, 15) is 0 Å². The number of anilines is 2. The van der Waals surface area contributed by atoms with E-state index < -0.39 is 0 Å². The van der Waals surface area contributed by atoms with E-state index in [1.165, 1.54) is 12.8 Å². The number of aromatic nitrogens is 2. The van der Waals surface area contributed by atoms with Crippen LogP contribution in [0.1, 0.15) is 47.4 Å². The van der Waals surface area contributed by atoms with E-state index >= 15 is 0 Å². The van der Waals surface area contributed by atoms with Gasteiger partial charge in [-0.05, 0) is 62.8 Å². The van der Waals surface area contributed by atoms with Crippen molar-refractivity contribution in [2.75, 3.05) is 44.6 Å². The van der Waals surface area contributed by atoms with E-state index in [0.717, 1.165) is 78.7 Å². The third-order valence-electron chi connectivity index (χ3n) is 6.67. The highest BCUT2D eigenvalue weighted by Crippen LogP contribution is 2.29. The molecular weight excluding hydrogens is 438 g/mol. The summed E-state index contributed by atoms with van der Waals surface area (Å²) in [6, 6.07) is 14.7. The van der Waals surface area contributed by atoms with Gasteiger partial charge in [0, 0.05) is 46.6 Å². The highest BCUT2D eigenvalue weighted by atomic mass is 16.5. The van der Waals surface area contributed by atoms with Crippen molar-refractivity contribution in [3.8, 4) is 11.5 Å². The maximum Gasteiger partial charge on any atom is 0.225 e. The molecule has 0 bridgehead atoms. The number of nitrogens with one attached hydrogen (secondary N) is 2. The molecule has 7 nitrogen and oxygen atoms in total. The summed E-state index contributed by atoms with van der Waals surface area (Å²) >= 11 is 0. The quantitative estimate of drug-likeness (QED) is 0.361. The fourth-order valence-electron chi connectivity index (χ4n) is 4.75. The minimum atomic E-state index is 0. The third-order valence-corrected chi connectivity index (χ3v) is 6.67. The number of benzene rings is 2. The average molecular weight is 482 g/mol. The van der Waals surface area contributed by atoms with Gasteiger partial charge in [-0.3, -0.25) is 0 Å². The van der Waals surface area contributed by atoms with E-state index in [2.05, 4.69) is 40.7 Å². The smallest absolute Gasteiger partial charge is 0.225 e. The minimum Gasteiger partial charge on any atom is -0.496 e. The van der Waals surface area contributed by atoms with Crippen molar-refractivity contribution in [1.29, 1.82) is 0 Å². The number of hydrogen-bond acceptors (Lipinski definition) is 7. The Kier molecular flexibility index (Phi) is 8.64. The van der Waals surface area contributed by atoms with Gasteiger partial charge in [0.15, 0.2) is 0 Å². The number of fused-ring (bicyclic) bond motifs is 1. The third kappa shape index (κ3) is 6.54. The lowest BCUT2D eigenvalue weighted by Crippen LogP contribution is -2.31. The van der Waals surface area contributed by atoms with E-state index in [4.69, 9.17) is 19.4 Å². The Morgan fingerprint density at radius 3 is 2.60 bits per heavy atom. The van der Waals surface area contributed by atoms with Crippen molar-refractivity contribution in [1.82, 2.24) is 15.3 Å². The molecule has 0 unspecified atom stereocenters. The van der Waals surface area contributed by atoms with Crippen LogP contribution in [0.5, 0.6) is 11.5 Å². The van der Waals surface area contributed by atoms with Gasteiger partial charge >= 0.3 is 0 Å². The van der Waals surface area contributed by atoms with Crippen LogP contribution >= 0.6 is 0 Å². The summed E-state index contributed by atoms with van der Waals surface area (Å²) in [4.78, 5) is 11.6. The second-order valence-corrected chi connectivity index (χ2v) is 9.60. The number of para-hydroxylation sites is 1. The topological polar surface area (TPSA) is 71.5 Å². The number of methoxy groups -OCH3 is 1. The number of ether oxygens (including phenoxy) is 2. The Bertz CT molecular complexity index is 1110. The SMILES string of the molecule is CCCOc1ccc(CNCC2CCC(Nc3nc(N(C)C)c4ccccc4n3)CC2)c(OC)c1.[HH].[HH]. The molecule has 1 aromatic heterocycles. The molecule has 1 heterocycles. The van der Waals surface area contributed by atoms with Crippen molar-refractivity contribution in [3.05, 3.63) is 48.0 Å². The molecule has 0 amide bonds. The first kappa shape index (κ1) is 25.0. The molecule has 1 aliphatic carbocycles. The molecule has 4 rings (SSSR count). The molecule has 1 aliphatic rings. The van der Waals surface area contributed by atoms with Crippen LogP contribution in [0.15, 0.2) is 42.5 Å². The van der Waals surface area contributed by atoms with Gasteiger partial charge in [-0.2, -0.15) is 4.98 Å². The van der Waals surface area contributed by atoms with Gasteiger partial charge < -0.3 is 25.0 Å². The van der Waals surface area contributed by atoms with Crippen LogP contribution in [-0.4, -0.2) is 50.4 Å². The van der Waals surface area contributed by atoms with Crippen LogP contribution in [0.4, 0.5) is 11.8 Å². The molecule has 1 fully saturated rings. The summed E-state index contributed by atoms with van der Waals surface area (Å²) in [6.45, 7) is 4.65. The Morgan fingerprint density at radius 1 is 1.06 bits per heavy atom. The molecule has 0 spiro atoms. The number of nitrogens with zero attached hydrogens (tertiary/aromatic N) is 3. The standard InChI is InChI=1S/C28H39N5O2.2H2/c1-5-16-35-23-15-12-21(26(17-23)34-4)19-29-18-20-10-13-22(14-11-20)30-28-31-25-9-7-6-8-24(25)27(32-28)33(2)3;;/h6-9,12,15,17,20,22,29H,5,10-11,13-14,16,18-19H2,1-4H3,(H,30,31,32);2*1H. The first-order chi connectivity index (χ1) is 17.1. The zero-order valence-corrected chi connectivity index (χ0v) is 21.5. The van der Waals surface area contributed by atoms with E-state index in [1.807, 2.05) is 38.4 Å². The first-order valence-electron chi connectivity index (χ1n) is 12.8. The Hall–Kier alpha value is -3.06. The lowest BCUT2D eigenvalue weighted by molar-refractivity contribution is 0.313. The van der Waals surface area contributed by atoms with Crippen LogP contribution in [0.3, 0.4) is 0 Å². The highest BCUT2D eigenvalue weighted by Gasteiger charge is 2.22. The lowest BCUT2D eigenvalue weighted by Gasteiger charge is -2.29. The summed E-state index contributed by atoms with van der Waals surface area (Å²) in [5.41, 5.74) is 2.14. The van der Waals surface area contributed by atoms with Gasteiger partial charge in [0.05, 0.1) is 19.2 Å². The molecule has 3 aromatic rings. The van der Waals surface area contributed by atoms with Crippen LogP contribution in [-0.2, 0) is 6.54 Å². The average Bonchev–Trinajstić information content (AvgIpc) is 2.88. The van der Waals surface area contributed by atoms with Gasteiger partial charge in [-0.1, -0.05) is 25.1 Å². The Morgan fingerprint density at radius 2 is 1.86 bits per heavy atom. The summed E-state index contributed by atoms with van der Waals surface area (Å²) in [7, 11) is 5.78. The summed E-state index contributed by atoms with van der Waals surface area (Å²) in [6.07, 6.45) is 5.65. The summed E-state index contributed by atoms with van der Waals surface area (Å²) in [5.74, 6) is 4.11. The van der Waals surface area contributed by atoms with E-state index in [0.29, 0.717) is 12.0 Å². The second-order valence-electron chi connectivity index (χ2n) is 9.60. The monoisotopic (exact) mass is 481 g/mol. The maximum atomic E-state index is 5.73. The lowest BCUT2D eigenvalue weighted by atomic mass is 9.86. The van der Waals surface area contributed by atoms with Crippen LogP contribution in [0.2, 0.25) is 0 Å². The second kappa shape index (κ2) is 12.1. The van der Waals surface area contributed by atoms with Gasteiger partial charge in [-0.15, -0.1) is 0 Å². The minimum absolute atomic E-state index is 0. The van der Waals surface area contributed by atoms with Gasteiger partial charge in [0.25, 0.3) is 0 Å². The molecule has 7 heteroatoms. The van der Waals surface area contributed by atoms with E-state index in [1.54, 1.807) is 7.11 Å². The normalized spacial score (nSPS) is 17.8. The Labute approximate surface area is 212 Å². The molecule has 192 valence electrons. The van der Waals surface area contributed by atoms with Gasteiger partial charge in [-0.25, -0.2) is 4.98 Å². The van der Waals surface area contributed by atoms with Crippen molar-refractivity contribution in [2.45, 2.75) is 51.6 Å². The van der Waals surface area contributed by atoms with Crippen molar-refractivity contribution < 1.29 is 12.3 Å². The molecule has 35 heavy (non-hydrogen) atoms. The van der Waals surface area contributed by atoms with Crippen molar-refractivity contribution >= 4 is 22.7 Å². The van der Waals surface area contributed by atoms with Crippen LogP contribution in [0, 0.1) is 5.92 Å². The zero-order chi connectivity index (χ0) is 24.6. The fraction of sp³-hybridized carbons (Fsp3) is 0.500. The van der Waals surface area contributed by atoms with Gasteiger partial charge in [0.2, 0.25) is 5.95 Å². The highest BCUT2D eigenvalue weighted by molar-refractivity contribution is 5.90. The molecule has 0 atom stereocenters. The number of hydrogen-bond donors (Lipinski definition) is 2. The number of rotatable bonds is 11. The van der Waals surface area contributed by atoms with Crippen molar-refractivity contribution in [2.24, 2.45) is 5.92 Å². The molecule has 2 N–H and O–H groups in total.